The van der Waals surface area contributed by atoms with Gasteiger partial charge >= 0.3 is 6.18 Å². The number of ketones is 1. The normalized spacial score (nSPS) is 13.7. The van der Waals surface area contributed by atoms with Gasteiger partial charge in [0.25, 0.3) is 0 Å². The number of hydrogen-bond acceptors (Lipinski definition) is 11. The number of sulfone groups is 2. The molecule has 2 N–H and O–H groups in total. The molecule has 0 amide bonds. The number of halogens is 7. The van der Waals surface area contributed by atoms with Crippen LogP contribution in [0.4, 0.5) is 18.9 Å². The molecule has 0 aromatic heterocycles. The summed E-state index contributed by atoms with van der Waals surface area (Å²) in [7, 11) is -10.7. The lowest BCUT2D eigenvalue weighted by Crippen LogP contribution is -2.30. The number of Topliss-reactive ketones (excluding diaryl/α,β-unsaturated/α-hetero) is 1. The molecule has 0 heterocycles. The fraction of sp³-hybridized carbons (Fsp3) is 0.245. The summed E-state index contributed by atoms with van der Waals surface area (Å²) in [6, 6.07) is 36.2. The van der Waals surface area contributed by atoms with Gasteiger partial charge in [-0.1, -0.05) is 99.3 Å². The molecule has 1 atom stereocenters. The molecule has 0 saturated heterocycles. The molecule has 1 unspecified atom stereocenters. The number of benzene rings is 6. The standard InChI is InChI=1S/C21H19ClO2S2.C15H12ClF3O2S2.C13H15BrClNO4S2/c1-16-7-10-20(11-8-16)26(23,24)15-18-13-19(22)9-12-21(18)25-14-17-5-3-2-4-6-17;1-22-14-8-12(16)6-5-10(14)9-23(20,21)13-4-2-3-11(7-13)15(17,18)19;1-22(19,20)16-9-3-2-8(14)6-11(9)21-13(4-5-13)12(15)10(18)7-17/h2-13H,14-15H2,1H3;2-8H,9H2,1H3;2-3,6,12,16-17H,4-5,7H2,1H3. The first-order valence-electron chi connectivity index (χ1n) is 21.0. The van der Waals surface area contributed by atoms with Crippen molar-refractivity contribution >= 4 is 127 Å². The lowest BCUT2D eigenvalue weighted by molar-refractivity contribution is -0.137. The molecule has 0 aliphatic heterocycles. The topological polar surface area (TPSA) is 152 Å². The van der Waals surface area contributed by atoms with Gasteiger partial charge < -0.3 is 5.11 Å². The molecule has 0 spiro atoms. The van der Waals surface area contributed by atoms with Crippen LogP contribution in [-0.2, 0) is 57.9 Å². The van der Waals surface area contributed by atoms with Crippen LogP contribution < -0.4 is 4.72 Å². The van der Waals surface area contributed by atoms with Crippen LogP contribution in [0.25, 0.3) is 0 Å². The highest BCUT2D eigenvalue weighted by Crippen LogP contribution is 2.57. The molecule has 1 aliphatic rings. The van der Waals surface area contributed by atoms with Gasteiger partial charge in [-0.25, -0.2) is 25.3 Å². The molecule has 1 fully saturated rings. The molecule has 380 valence electrons. The summed E-state index contributed by atoms with van der Waals surface area (Å²) in [5.41, 5.74) is 2.92. The van der Waals surface area contributed by atoms with E-state index in [0.29, 0.717) is 42.0 Å². The van der Waals surface area contributed by atoms with Gasteiger partial charge in [0.15, 0.2) is 25.5 Å². The number of sulfonamides is 1. The van der Waals surface area contributed by atoms with E-state index >= 15 is 0 Å². The molecule has 71 heavy (non-hydrogen) atoms. The van der Waals surface area contributed by atoms with Crippen molar-refractivity contribution in [1.29, 1.82) is 0 Å². The molecule has 1 aliphatic carbocycles. The van der Waals surface area contributed by atoms with Crippen LogP contribution in [0.2, 0.25) is 10.0 Å². The quantitative estimate of drug-likeness (QED) is 0.0663. The van der Waals surface area contributed by atoms with Crippen molar-refractivity contribution in [2.45, 2.75) is 77.8 Å². The Morgan fingerprint density at radius 1 is 0.746 bits per heavy atom. The zero-order chi connectivity index (χ0) is 52.4. The van der Waals surface area contributed by atoms with Crippen molar-refractivity contribution in [3.63, 3.8) is 0 Å². The van der Waals surface area contributed by atoms with Crippen molar-refractivity contribution in [2.75, 3.05) is 23.8 Å². The third kappa shape index (κ3) is 17.7. The van der Waals surface area contributed by atoms with Crippen LogP contribution in [0.5, 0.6) is 0 Å². The van der Waals surface area contributed by atoms with Crippen LogP contribution in [0, 0.1) is 6.92 Å². The highest BCUT2D eigenvalue weighted by molar-refractivity contribution is 9.10. The second-order valence-electron chi connectivity index (χ2n) is 16.0. The number of aliphatic hydroxyl groups is 1. The predicted octanol–water partition coefficient (Wildman–Crippen LogP) is 13.6. The third-order valence-electron chi connectivity index (χ3n) is 10.3. The highest BCUT2D eigenvalue weighted by atomic mass is 79.9. The first-order chi connectivity index (χ1) is 33.2. The molecule has 0 bridgehead atoms. The Morgan fingerprint density at radius 3 is 1.97 bits per heavy atom. The lowest BCUT2D eigenvalue weighted by atomic mass is 10.2. The summed E-state index contributed by atoms with van der Waals surface area (Å²) >= 11 is 25.8. The average molecular weight is 1210 g/mol. The van der Waals surface area contributed by atoms with Crippen molar-refractivity contribution in [3.05, 3.63) is 176 Å². The Hall–Kier alpha value is -3.21. The summed E-state index contributed by atoms with van der Waals surface area (Å²) in [6.07, 6.45) is -0.261. The van der Waals surface area contributed by atoms with Crippen molar-refractivity contribution in [3.8, 4) is 0 Å². The Balaban J connectivity index is 0.000000199. The molecule has 1 saturated carbocycles. The number of carbonyl (C=O) groups is 1. The Labute approximate surface area is 449 Å². The van der Waals surface area contributed by atoms with Gasteiger partial charge in [0, 0.05) is 39.7 Å². The summed E-state index contributed by atoms with van der Waals surface area (Å²) in [5.74, 6) is -0.0885. The van der Waals surface area contributed by atoms with E-state index in [1.807, 2.05) is 43.3 Å². The molecule has 7 rings (SSSR count). The number of carbonyl (C=O) groups excluding carboxylic acids is 1. The van der Waals surface area contributed by atoms with Gasteiger partial charge in [0.2, 0.25) is 10.0 Å². The van der Waals surface area contributed by atoms with Crippen LogP contribution in [0.15, 0.2) is 162 Å². The maximum absolute atomic E-state index is 12.8. The van der Waals surface area contributed by atoms with E-state index in [4.69, 9.17) is 39.9 Å². The molecular weight excluding hydrogens is 1170 g/mol. The van der Waals surface area contributed by atoms with E-state index in [1.165, 1.54) is 35.2 Å². The van der Waals surface area contributed by atoms with Gasteiger partial charge in [-0.05, 0) is 122 Å². The number of thioether (sulfide) groups is 3. The second-order valence-corrected chi connectivity index (χ2v) is 27.3. The number of aryl methyl sites for hydroxylation is 1. The van der Waals surface area contributed by atoms with Gasteiger partial charge in [0.1, 0.15) is 12.0 Å². The first kappa shape index (κ1) is 58.7. The van der Waals surface area contributed by atoms with Crippen molar-refractivity contribution in [1.82, 2.24) is 0 Å². The molecule has 22 heteroatoms. The maximum Gasteiger partial charge on any atom is 0.416 e. The lowest BCUT2D eigenvalue weighted by Gasteiger charge is -2.21. The average Bonchev–Trinajstić information content (AvgIpc) is 4.10. The number of rotatable bonds is 17. The minimum Gasteiger partial charge on any atom is -0.389 e. The predicted molar refractivity (Wildman–Crippen MR) is 287 cm³/mol. The molecule has 6 aromatic rings. The molecule has 6 aromatic carbocycles. The van der Waals surface area contributed by atoms with Gasteiger partial charge in [-0.2, -0.15) is 13.2 Å². The summed E-state index contributed by atoms with van der Waals surface area (Å²) in [5, 5.41) is 9.18. The van der Waals surface area contributed by atoms with E-state index < -0.39 is 64.0 Å². The van der Waals surface area contributed by atoms with E-state index in [9.17, 15) is 43.2 Å². The monoisotopic (exact) mass is 1210 g/mol. The Kier molecular flexibility index (Phi) is 20.9. The number of aliphatic hydroxyl groups excluding tert-OH is 1. The van der Waals surface area contributed by atoms with Crippen molar-refractivity contribution < 1.29 is 48.3 Å². The number of nitrogens with one attached hydrogen (secondary N) is 1. The van der Waals surface area contributed by atoms with Crippen LogP contribution in [-0.4, -0.2) is 65.4 Å². The van der Waals surface area contributed by atoms with E-state index in [1.54, 1.807) is 78.7 Å². The molecule has 0 radical (unpaired) electrons. The largest absolute Gasteiger partial charge is 0.416 e. The Morgan fingerprint density at radius 2 is 1.37 bits per heavy atom. The zero-order valence-corrected chi connectivity index (χ0v) is 46.7. The van der Waals surface area contributed by atoms with E-state index in [-0.39, 0.29) is 16.4 Å². The van der Waals surface area contributed by atoms with E-state index in [2.05, 4.69) is 32.8 Å². The van der Waals surface area contributed by atoms with Gasteiger partial charge in [0.05, 0.1) is 38.8 Å². The zero-order valence-electron chi connectivity index (χ0n) is 37.9. The Bertz CT molecular complexity index is 3170. The minimum absolute atomic E-state index is 0.0618. The summed E-state index contributed by atoms with van der Waals surface area (Å²) in [4.78, 5) is 13.9. The van der Waals surface area contributed by atoms with Crippen LogP contribution in [0.3, 0.4) is 0 Å². The molecule has 9 nitrogen and oxygen atoms in total. The number of alkyl halides is 4. The van der Waals surface area contributed by atoms with Gasteiger partial charge in [-0.3, -0.25) is 9.52 Å². The SMILES string of the molecule is CS(=O)(=O)Nc1ccc(Br)cc1SC1(C(Cl)C(=O)CO)CC1.CSc1cc(Cl)ccc1CS(=O)(=O)c1cccc(C(F)(F)F)c1.Cc1ccc(S(=O)(=O)Cc2cc(Cl)ccc2SCc2ccccc2)cc1. The summed E-state index contributed by atoms with van der Waals surface area (Å²) in [6.45, 7) is 1.34. The second kappa shape index (κ2) is 25.3. The van der Waals surface area contributed by atoms with Crippen LogP contribution >= 0.6 is 86.0 Å². The maximum atomic E-state index is 12.8. The van der Waals surface area contributed by atoms with E-state index in [0.717, 1.165) is 57.5 Å². The third-order valence-corrected chi connectivity index (χ3v) is 19.6. The molecular formula is C49H46BrCl3F3NO8S6. The smallest absolute Gasteiger partial charge is 0.389 e. The first-order valence-corrected chi connectivity index (χ1v) is 31.2. The van der Waals surface area contributed by atoms with Crippen molar-refractivity contribution in [2.24, 2.45) is 0 Å². The minimum atomic E-state index is -4.59. The summed E-state index contributed by atoms with van der Waals surface area (Å²) < 4.78 is 114. The fourth-order valence-corrected chi connectivity index (χ4v) is 14.6. The number of anilines is 1. The number of hydrogen-bond donors (Lipinski definition) is 2. The van der Waals surface area contributed by atoms with Gasteiger partial charge in [-0.15, -0.1) is 46.9 Å². The van der Waals surface area contributed by atoms with Crippen LogP contribution in [0.1, 0.15) is 40.7 Å². The fourth-order valence-electron chi connectivity index (χ4n) is 6.55. The highest BCUT2D eigenvalue weighted by Gasteiger charge is 2.52.